The molecule has 0 unspecified atom stereocenters. The summed E-state index contributed by atoms with van der Waals surface area (Å²) in [5.74, 6) is -3.59. The highest BCUT2D eigenvalue weighted by atomic mass is 19.2. The Morgan fingerprint density at radius 2 is 1.72 bits per heavy atom. The van der Waals surface area contributed by atoms with Gasteiger partial charge in [-0.1, -0.05) is 19.3 Å². The molecule has 0 bridgehead atoms. The Morgan fingerprint density at radius 1 is 1.06 bits per heavy atom. The van der Waals surface area contributed by atoms with Crippen molar-refractivity contribution in [1.82, 2.24) is 0 Å². The first kappa shape index (κ1) is 12.9. The average molecular weight is 256 g/mol. The van der Waals surface area contributed by atoms with E-state index in [-0.39, 0.29) is 11.6 Å². The third-order valence-electron chi connectivity index (χ3n) is 3.29. The van der Waals surface area contributed by atoms with E-state index in [0.717, 1.165) is 37.8 Å². The zero-order valence-electron chi connectivity index (χ0n) is 9.93. The summed E-state index contributed by atoms with van der Waals surface area (Å²) in [5.41, 5.74) is 5.57. The van der Waals surface area contributed by atoms with Crippen LogP contribution in [0.2, 0.25) is 0 Å². The smallest absolute Gasteiger partial charge is 0.196 e. The Hall–Kier alpha value is -1.52. The number of aliphatic imine (C=N–C) groups is 1. The molecule has 5 heteroatoms. The summed E-state index contributed by atoms with van der Waals surface area (Å²) < 4.78 is 39.2. The summed E-state index contributed by atoms with van der Waals surface area (Å²) in [5, 5.41) is 0. The maximum atomic E-state index is 13.4. The predicted molar refractivity (Wildman–Crippen MR) is 64.2 cm³/mol. The summed E-state index contributed by atoms with van der Waals surface area (Å²) >= 11 is 0. The molecule has 1 aromatic rings. The lowest BCUT2D eigenvalue weighted by atomic mass is 9.88. The van der Waals surface area contributed by atoms with Gasteiger partial charge in [-0.05, 0) is 25.0 Å². The topological polar surface area (TPSA) is 38.4 Å². The van der Waals surface area contributed by atoms with Crippen LogP contribution in [-0.2, 0) is 0 Å². The van der Waals surface area contributed by atoms with E-state index >= 15 is 0 Å². The number of nitrogens with zero attached hydrogens (tertiary/aromatic N) is 1. The molecule has 18 heavy (non-hydrogen) atoms. The standard InChI is InChI=1S/C13H15F3N2/c14-9-6-7-10(12(16)11(9)15)18-13(17)8-4-2-1-3-5-8/h6-8H,1-5H2,(H2,17,18). The second kappa shape index (κ2) is 5.42. The SMILES string of the molecule is NC(=Nc1ccc(F)c(F)c1F)C1CCCCC1. The normalized spacial score (nSPS) is 18.1. The first-order valence-corrected chi connectivity index (χ1v) is 6.07. The molecule has 0 radical (unpaired) electrons. The van der Waals surface area contributed by atoms with E-state index < -0.39 is 17.5 Å². The monoisotopic (exact) mass is 256 g/mol. The number of benzene rings is 1. The molecule has 1 fully saturated rings. The molecule has 1 saturated carbocycles. The molecule has 1 aliphatic carbocycles. The van der Waals surface area contributed by atoms with Crippen LogP contribution >= 0.6 is 0 Å². The molecule has 0 atom stereocenters. The fourth-order valence-corrected chi connectivity index (χ4v) is 2.23. The number of halogens is 3. The van der Waals surface area contributed by atoms with Crippen molar-refractivity contribution in [3.63, 3.8) is 0 Å². The van der Waals surface area contributed by atoms with Gasteiger partial charge in [0.2, 0.25) is 0 Å². The van der Waals surface area contributed by atoms with Gasteiger partial charge in [0, 0.05) is 5.92 Å². The molecule has 0 amide bonds. The van der Waals surface area contributed by atoms with Crippen LogP contribution < -0.4 is 5.73 Å². The van der Waals surface area contributed by atoms with Crippen LogP contribution in [0.3, 0.4) is 0 Å². The Kier molecular flexibility index (Phi) is 3.89. The van der Waals surface area contributed by atoms with Crippen molar-refractivity contribution in [1.29, 1.82) is 0 Å². The molecule has 2 nitrogen and oxygen atoms in total. The van der Waals surface area contributed by atoms with Crippen molar-refractivity contribution in [3.8, 4) is 0 Å². The first-order chi connectivity index (χ1) is 8.59. The number of hydrogen-bond donors (Lipinski definition) is 1. The summed E-state index contributed by atoms with van der Waals surface area (Å²) in [4.78, 5) is 3.90. The Labute approximate surface area is 104 Å². The molecular weight excluding hydrogens is 241 g/mol. The highest BCUT2D eigenvalue weighted by molar-refractivity contribution is 5.85. The van der Waals surface area contributed by atoms with Crippen LogP contribution in [0.5, 0.6) is 0 Å². The molecule has 0 heterocycles. The maximum absolute atomic E-state index is 13.4. The molecule has 0 aromatic heterocycles. The number of amidine groups is 1. The quantitative estimate of drug-likeness (QED) is 0.489. The van der Waals surface area contributed by atoms with Gasteiger partial charge in [0.25, 0.3) is 0 Å². The lowest BCUT2D eigenvalue weighted by Crippen LogP contribution is -2.25. The third kappa shape index (κ3) is 2.66. The van der Waals surface area contributed by atoms with Crippen LogP contribution in [0.25, 0.3) is 0 Å². The molecule has 98 valence electrons. The van der Waals surface area contributed by atoms with Gasteiger partial charge in [-0.15, -0.1) is 0 Å². The van der Waals surface area contributed by atoms with E-state index in [9.17, 15) is 13.2 Å². The van der Waals surface area contributed by atoms with Gasteiger partial charge in [-0.3, -0.25) is 0 Å². The molecular formula is C13H15F3N2. The summed E-state index contributed by atoms with van der Waals surface area (Å²) in [6.07, 6.45) is 5.15. The lowest BCUT2D eigenvalue weighted by molar-refractivity contribution is 0.436. The van der Waals surface area contributed by atoms with Crippen LogP contribution in [0.1, 0.15) is 32.1 Å². The van der Waals surface area contributed by atoms with Crippen molar-refractivity contribution in [2.75, 3.05) is 0 Å². The van der Waals surface area contributed by atoms with Gasteiger partial charge in [-0.25, -0.2) is 18.2 Å². The van der Waals surface area contributed by atoms with E-state index in [0.29, 0.717) is 5.84 Å². The highest BCUT2D eigenvalue weighted by Gasteiger charge is 2.18. The van der Waals surface area contributed by atoms with Crippen LogP contribution in [-0.4, -0.2) is 5.84 Å². The van der Waals surface area contributed by atoms with E-state index in [2.05, 4.69) is 4.99 Å². The van der Waals surface area contributed by atoms with Crippen LogP contribution in [0.4, 0.5) is 18.9 Å². The second-order valence-electron chi connectivity index (χ2n) is 4.57. The van der Waals surface area contributed by atoms with Crippen molar-refractivity contribution in [3.05, 3.63) is 29.6 Å². The van der Waals surface area contributed by atoms with Gasteiger partial charge in [-0.2, -0.15) is 0 Å². The molecule has 0 spiro atoms. The molecule has 2 rings (SSSR count). The van der Waals surface area contributed by atoms with Gasteiger partial charge in [0.05, 0.1) is 0 Å². The van der Waals surface area contributed by atoms with E-state index in [1.165, 1.54) is 6.42 Å². The first-order valence-electron chi connectivity index (χ1n) is 6.07. The summed E-state index contributed by atoms with van der Waals surface area (Å²) in [7, 11) is 0. The number of nitrogens with two attached hydrogens (primary N) is 1. The van der Waals surface area contributed by atoms with Gasteiger partial charge < -0.3 is 5.73 Å². The van der Waals surface area contributed by atoms with Crippen molar-refractivity contribution in [2.24, 2.45) is 16.6 Å². The zero-order chi connectivity index (χ0) is 13.1. The summed E-state index contributed by atoms with van der Waals surface area (Å²) in [6, 6.07) is 1.95. The van der Waals surface area contributed by atoms with Gasteiger partial charge in [0.1, 0.15) is 11.5 Å². The fourth-order valence-electron chi connectivity index (χ4n) is 2.23. The summed E-state index contributed by atoms with van der Waals surface area (Å²) in [6.45, 7) is 0. The van der Waals surface area contributed by atoms with Crippen LogP contribution in [0, 0.1) is 23.4 Å². The molecule has 0 aliphatic heterocycles. The number of hydrogen-bond acceptors (Lipinski definition) is 1. The highest BCUT2D eigenvalue weighted by Crippen LogP contribution is 2.27. The fraction of sp³-hybridized carbons (Fsp3) is 0.462. The second-order valence-corrected chi connectivity index (χ2v) is 4.57. The van der Waals surface area contributed by atoms with E-state index in [4.69, 9.17) is 5.73 Å². The van der Waals surface area contributed by atoms with E-state index in [1.807, 2.05) is 0 Å². The molecule has 2 N–H and O–H groups in total. The maximum Gasteiger partial charge on any atom is 0.196 e. The van der Waals surface area contributed by atoms with Gasteiger partial charge >= 0.3 is 0 Å². The molecule has 0 saturated heterocycles. The van der Waals surface area contributed by atoms with Crippen molar-refractivity contribution in [2.45, 2.75) is 32.1 Å². The lowest BCUT2D eigenvalue weighted by Gasteiger charge is -2.20. The largest absolute Gasteiger partial charge is 0.387 e. The molecule has 1 aliphatic rings. The average Bonchev–Trinajstić information content (AvgIpc) is 2.40. The number of rotatable bonds is 2. The van der Waals surface area contributed by atoms with Gasteiger partial charge in [0.15, 0.2) is 17.5 Å². The molecule has 1 aromatic carbocycles. The van der Waals surface area contributed by atoms with Crippen LogP contribution in [0.15, 0.2) is 17.1 Å². The minimum atomic E-state index is -1.51. The predicted octanol–water partition coefficient (Wildman–Crippen LogP) is 3.67. The van der Waals surface area contributed by atoms with E-state index in [1.54, 1.807) is 0 Å². The third-order valence-corrected chi connectivity index (χ3v) is 3.29. The minimum absolute atomic E-state index is 0.117. The minimum Gasteiger partial charge on any atom is -0.387 e. The Morgan fingerprint density at radius 3 is 2.39 bits per heavy atom. The zero-order valence-corrected chi connectivity index (χ0v) is 9.93. The van der Waals surface area contributed by atoms with Crippen molar-refractivity contribution >= 4 is 11.5 Å². The Balaban J connectivity index is 2.24. The Bertz CT molecular complexity index is 466. The van der Waals surface area contributed by atoms with Crippen molar-refractivity contribution < 1.29 is 13.2 Å².